The number of carbonyl (C=O) groups excluding carboxylic acids is 3. The molecule has 5 N–H and O–H groups in total. The summed E-state index contributed by atoms with van der Waals surface area (Å²) in [4.78, 5) is 35.8. The van der Waals surface area contributed by atoms with Gasteiger partial charge in [-0.2, -0.15) is 0 Å². The molecule has 27 heavy (non-hydrogen) atoms. The fourth-order valence-corrected chi connectivity index (χ4v) is 2.25. The number of hydrogen-bond acceptors (Lipinski definition) is 5. The maximum Gasteiger partial charge on any atom is 0.408 e. The molecular formula is C19H25N3O5. The quantitative estimate of drug-likeness (QED) is 0.348. The second kappa shape index (κ2) is 11.5. The summed E-state index contributed by atoms with van der Waals surface area (Å²) in [5.41, 5.74) is 6.05. The van der Waals surface area contributed by atoms with E-state index in [1.54, 1.807) is 24.3 Å². The van der Waals surface area contributed by atoms with Gasteiger partial charge in [-0.15, -0.1) is 12.3 Å². The lowest BCUT2D eigenvalue weighted by Gasteiger charge is -2.23. The van der Waals surface area contributed by atoms with Gasteiger partial charge in [0.15, 0.2) is 0 Å². The molecule has 8 heteroatoms. The zero-order valence-corrected chi connectivity index (χ0v) is 15.2. The van der Waals surface area contributed by atoms with E-state index in [1.807, 2.05) is 6.07 Å². The van der Waals surface area contributed by atoms with Crippen LogP contribution in [0.15, 0.2) is 30.3 Å². The average molecular weight is 375 g/mol. The number of unbranched alkanes of at least 4 members (excludes halogenated alkanes) is 1. The molecule has 0 aliphatic heterocycles. The van der Waals surface area contributed by atoms with Crippen LogP contribution in [0, 0.1) is 12.3 Å². The Bertz CT molecular complexity index is 670. The van der Waals surface area contributed by atoms with Crippen molar-refractivity contribution >= 4 is 17.9 Å². The lowest BCUT2D eigenvalue weighted by atomic mass is 10.1. The summed E-state index contributed by atoms with van der Waals surface area (Å²) in [5.74, 6) is 0.962. The highest BCUT2D eigenvalue weighted by atomic mass is 16.5. The van der Waals surface area contributed by atoms with Gasteiger partial charge >= 0.3 is 6.09 Å². The maximum atomic E-state index is 12.4. The number of hydrogen-bond donors (Lipinski definition) is 4. The molecular weight excluding hydrogens is 350 g/mol. The van der Waals surface area contributed by atoms with Crippen LogP contribution < -0.4 is 16.4 Å². The number of aliphatic hydroxyl groups excluding tert-OH is 1. The molecule has 1 aromatic rings. The van der Waals surface area contributed by atoms with Gasteiger partial charge in [-0.25, -0.2) is 4.79 Å². The van der Waals surface area contributed by atoms with E-state index in [2.05, 4.69) is 16.6 Å². The van der Waals surface area contributed by atoms with Crippen molar-refractivity contribution in [3.63, 3.8) is 0 Å². The molecule has 0 spiro atoms. The van der Waals surface area contributed by atoms with Crippen LogP contribution in [0.4, 0.5) is 4.79 Å². The first-order valence-corrected chi connectivity index (χ1v) is 8.53. The molecule has 8 nitrogen and oxygen atoms in total. The van der Waals surface area contributed by atoms with Gasteiger partial charge in [0.2, 0.25) is 11.8 Å². The van der Waals surface area contributed by atoms with Crippen molar-refractivity contribution in [1.29, 1.82) is 0 Å². The van der Waals surface area contributed by atoms with Crippen molar-refractivity contribution in [2.45, 2.75) is 51.0 Å². The van der Waals surface area contributed by atoms with Crippen molar-refractivity contribution in [3.05, 3.63) is 35.9 Å². The van der Waals surface area contributed by atoms with Crippen LogP contribution >= 0.6 is 0 Å². The van der Waals surface area contributed by atoms with Crippen molar-refractivity contribution in [2.75, 3.05) is 0 Å². The normalized spacial score (nSPS) is 13.5. The molecule has 0 unspecified atom stereocenters. The van der Waals surface area contributed by atoms with Crippen molar-refractivity contribution in [1.82, 2.24) is 10.6 Å². The van der Waals surface area contributed by atoms with Gasteiger partial charge in [0.05, 0.1) is 6.10 Å². The van der Waals surface area contributed by atoms with E-state index in [4.69, 9.17) is 16.9 Å². The van der Waals surface area contributed by atoms with Gasteiger partial charge in [0.1, 0.15) is 18.7 Å². The van der Waals surface area contributed by atoms with E-state index in [9.17, 15) is 19.5 Å². The molecule has 1 aromatic carbocycles. The summed E-state index contributed by atoms with van der Waals surface area (Å²) in [6, 6.07) is 6.73. The van der Waals surface area contributed by atoms with E-state index in [-0.39, 0.29) is 13.0 Å². The third-order valence-electron chi connectivity index (χ3n) is 3.72. The van der Waals surface area contributed by atoms with Crippen LogP contribution in [-0.4, -0.2) is 41.2 Å². The third kappa shape index (κ3) is 8.25. The Morgan fingerprint density at radius 1 is 1.26 bits per heavy atom. The van der Waals surface area contributed by atoms with Crippen LogP contribution in [0.2, 0.25) is 0 Å². The summed E-state index contributed by atoms with van der Waals surface area (Å²) in [6.07, 6.45) is 4.26. The van der Waals surface area contributed by atoms with Crippen molar-refractivity contribution < 1.29 is 24.2 Å². The summed E-state index contributed by atoms with van der Waals surface area (Å²) in [7, 11) is 0. The lowest BCUT2D eigenvalue weighted by Crippen LogP contribution is -2.56. The van der Waals surface area contributed by atoms with Crippen LogP contribution in [0.3, 0.4) is 0 Å². The highest BCUT2D eigenvalue weighted by Crippen LogP contribution is 2.04. The fraction of sp³-hybridized carbons (Fsp3) is 0.421. The number of benzene rings is 1. The molecule has 0 bridgehead atoms. The van der Waals surface area contributed by atoms with Gasteiger partial charge in [-0.05, 0) is 25.3 Å². The second-order valence-electron chi connectivity index (χ2n) is 5.98. The SMILES string of the molecule is C#CCCC[C@H](NC(=O)[C@@H](NC(=O)OCc1ccccc1)[C@@H](C)O)C(N)=O. The molecule has 0 saturated heterocycles. The molecule has 0 radical (unpaired) electrons. The van der Waals surface area contributed by atoms with Gasteiger partial charge in [-0.1, -0.05) is 30.3 Å². The molecule has 3 amide bonds. The summed E-state index contributed by atoms with van der Waals surface area (Å²) < 4.78 is 5.04. The fourth-order valence-electron chi connectivity index (χ4n) is 2.25. The minimum absolute atomic E-state index is 0.0107. The minimum Gasteiger partial charge on any atom is -0.445 e. The number of alkyl carbamates (subject to hydrolysis) is 1. The Hall–Kier alpha value is -3.05. The number of carbonyl (C=O) groups is 3. The number of amides is 3. The van der Waals surface area contributed by atoms with Crippen LogP contribution in [0.1, 0.15) is 31.7 Å². The number of rotatable bonds is 10. The molecule has 0 heterocycles. The molecule has 0 aliphatic rings. The summed E-state index contributed by atoms with van der Waals surface area (Å²) >= 11 is 0. The predicted molar refractivity (Wildman–Crippen MR) is 99.0 cm³/mol. The molecule has 3 atom stereocenters. The van der Waals surface area contributed by atoms with Gasteiger partial charge in [0, 0.05) is 6.42 Å². The Morgan fingerprint density at radius 3 is 2.48 bits per heavy atom. The number of nitrogens with two attached hydrogens (primary N) is 1. The minimum atomic E-state index is -1.30. The number of aliphatic hydroxyl groups is 1. The Balaban J connectivity index is 2.61. The maximum absolute atomic E-state index is 12.4. The zero-order chi connectivity index (χ0) is 20.2. The first-order chi connectivity index (χ1) is 12.8. The lowest BCUT2D eigenvalue weighted by molar-refractivity contribution is -0.130. The standard InChI is InChI=1S/C19H25N3O5/c1-3-4-6-11-15(17(20)24)21-18(25)16(13(2)23)22-19(26)27-12-14-9-7-5-8-10-14/h1,5,7-10,13,15-16,23H,4,6,11-12H2,2H3,(H2,20,24)(H,21,25)(H,22,26)/t13-,15+,16+/m1/s1. The van der Waals surface area contributed by atoms with E-state index in [1.165, 1.54) is 6.92 Å². The molecule has 1 rings (SSSR count). The highest BCUT2D eigenvalue weighted by Gasteiger charge is 2.29. The molecule has 146 valence electrons. The summed E-state index contributed by atoms with van der Waals surface area (Å²) in [5, 5.41) is 14.5. The molecule has 0 aliphatic carbocycles. The first-order valence-electron chi connectivity index (χ1n) is 8.53. The van der Waals surface area contributed by atoms with E-state index >= 15 is 0 Å². The van der Waals surface area contributed by atoms with Crippen LogP contribution in [0.5, 0.6) is 0 Å². The number of ether oxygens (including phenoxy) is 1. The third-order valence-corrected chi connectivity index (χ3v) is 3.72. The van der Waals surface area contributed by atoms with E-state index in [0.29, 0.717) is 12.8 Å². The predicted octanol–water partition coefficient (Wildman–Crippen LogP) is 0.436. The Kier molecular flexibility index (Phi) is 9.40. The van der Waals surface area contributed by atoms with Gasteiger partial charge in [0.25, 0.3) is 0 Å². The Morgan fingerprint density at radius 2 is 1.93 bits per heavy atom. The van der Waals surface area contributed by atoms with E-state index < -0.39 is 36.1 Å². The number of primary amides is 1. The average Bonchev–Trinajstić information content (AvgIpc) is 2.64. The molecule has 0 saturated carbocycles. The zero-order valence-electron chi connectivity index (χ0n) is 15.2. The van der Waals surface area contributed by atoms with E-state index in [0.717, 1.165) is 5.56 Å². The van der Waals surface area contributed by atoms with Gasteiger partial charge in [-0.3, -0.25) is 9.59 Å². The largest absolute Gasteiger partial charge is 0.445 e. The Labute approximate surface area is 158 Å². The van der Waals surface area contributed by atoms with Crippen molar-refractivity contribution in [3.8, 4) is 12.3 Å². The number of nitrogens with one attached hydrogen (secondary N) is 2. The topological polar surface area (TPSA) is 131 Å². The molecule has 0 fully saturated rings. The number of terminal acetylenes is 1. The van der Waals surface area contributed by atoms with Gasteiger partial charge < -0.3 is 26.2 Å². The smallest absolute Gasteiger partial charge is 0.408 e. The van der Waals surface area contributed by atoms with Crippen molar-refractivity contribution in [2.24, 2.45) is 5.73 Å². The summed E-state index contributed by atoms with van der Waals surface area (Å²) in [6.45, 7) is 1.34. The first kappa shape index (κ1) is 22.0. The second-order valence-corrected chi connectivity index (χ2v) is 5.98. The van der Waals surface area contributed by atoms with Crippen LogP contribution in [0.25, 0.3) is 0 Å². The monoisotopic (exact) mass is 375 g/mol. The highest BCUT2D eigenvalue weighted by molar-refractivity contribution is 5.91. The van der Waals surface area contributed by atoms with Crippen LogP contribution in [-0.2, 0) is 20.9 Å². The molecule has 0 aromatic heterocycles.